The molecule has 3 rings (SSSR count). The molecule has 0 aliphatic carbocycles. The number of piperidine rings is 1. The largest absolute Gasteiger partial charge is 0.366 e. The first kappa shape index (κ1) is 5.56. The summed E-state index contributed by atoms with van der Waals surface area (Å²) < 4.78 is 5.55. The highest BCUT2D eigenvalue weighted by molar-refractivity contribution is 5.12. The number of ether oxygens (including phenoxy) is 1. The van der Waals surface area contributed by atoms with E-state index in [9.17, 15) is 0 Å². The van der Waals surface area contributed by atoms with Gasteiger partial charge < -0.3 is 4.74 Å². The van der Waals surface area contributed by atoms with E-state index in [1.165, 1.54) is 19.3 Å². The number of hydrogen-bond donors (Lipinski definition) is 0. The lowest BCUT2D eigenvalue weighted by Crippen LogP contribution is -2.41. The van der Waals surface area contributed by atoms with Gasteiger partial charge in [-0.3, -0.25) is 4.90 Å². The lowest BCUT2D eigenvalue weighted by molar-refractivity contribution is 0.0755. The van der Waals surface area contributed by atoms with Crippen molar-refractivity contribution in [1.29, 1.82) is 0 Å². The zero-order valence-electron chi connectivity index (χ0n) is 6.29. The Morgan fingerprint density at radius 3 is 2.30 bits per heavy atom. The van der Waals surface area contributed by atoms with Crippen LogP contribution in [0, 0.1) is 0 Å². The van der Waals surface area contributed by atoms with E-state index in [4.69, 9.17) is 4.74 Å². The van der Waals surface area contributed by atoms with Crippen molar-refractivity contribution in [3.8, 4) is 0 Å². The number of rotatable bonds is 0. The Balaban J connectivity index is 1.94. The number of nitrogens with zero attached hydrogens (tertiary/aromatic N) is 1. The molecule has 3 aliphatic rings. The van der Waals surface area contributed by atoms with Crippen molar-refractivity contribution >= 4 is 0 Å². The van der Waals surface area contributed by atoms with Gasteiger partial charge in [-0.05, 0) is 19.9 Å². The van der Waals surface area contributed by atoms with Crippen molar-refractivity contribution in [3.05, 3.63) is 0 Å². The first-order chi connectivity index (χ1) is 4.88. The smallest absolute Gasteiger partial charge is 0.101 e. The van der Waals surface area contributed by atoms with E-state index >= 15 is 0 Å². The first-order valence-corrected chi connectivity index (χ1v) is 4.25. The van der Waals surface area contributed by atoms with Gasteiger partial charge in [-0.15, -0.1) is 0 Å². The molecule has 2 unspecified atom stereocenters. The van der Waals surface area contributed by atoms with Gasteiger partial charge in [0.1, 0.15) is 12.2 Å². The van der Waals surface area contributed by atoms with Crippen LogP contribution in [0.5, 0.6) is 0 Å². The predicted octanol–water partition coefficient (Wildman–Crippen LogP) is 0.620. The Hall–Kier alpha value is -0.0800. The minimum atomic E-state index is 0.637. The molecule has 4 atom stereocenters. The molecule has 0 aromatic heterocycles. The van der Waals surface area contributed by atoms with Crippen LogP contribution in [0.2, 0.25) is 0 Å². The zero-order valence-corrected chi connectivity index (χ0v) is 6.29. The second-order valence-corrected chi connectivity index (χ2v) is 3.80. The summed E-state index contributed by atoms with van der Waals surface area (Å²) in [7, 11) is 2.25. The lowest BCUT2D eigenvalue weighted by Gasteiger charge is -2.33. The summed E-state index contributed by atoms with van der Waals surface area (Å²) in [6, 6.07) is 1.56. The molecule has 0 radical (unpaired) electrons. The minimum absolute atomic E-state index is 0.637. The monoisotopic (exact) mass is 139 g/mol. The van der Waals surface area contributed by atoms with Crippen LogP contribution in [0.15, 0.2) is 0 Å². The first-order valence-electron chi connectivity index (χ1n) is 4.25. The molecular weight excluding hydrogens is 126 g/mol. The summed E-state index contributed by atoms with van der Waals surface area (Å²) in [6.07, 6.45) is 5.44. The third-order valence-electron chi connectivity index (χ3n) is 3.37. The molecule has 3 saturated heterocycles. The number of epoxide rings is 1. The maximum Gasteiger partial charge on any atom is 0.101 e. The minimum Gasteiger partial charge on any atom is -0.366 e. The number of morpholine rings is 1. The van der Waals surface area contributed by atoms with E-state index in [0.29, 0.717) is 12.2 Å². The lowest BCUT2D eigenvalue weighted by atomic mass is 10.0. The Labute approximate surface area is 61.1 Å². The summed E-state index contributed by atoms with van der Waals surface area (Å²) in [5, 5.41) is 0. The van der Waals surface area contributed by atoms with Gasteiger partial charge in [0.2, 0.25) is 0 Å². The van der Waals surface area contributed by atoms with Crippen LogP contribution in [0.3, 0.4) is 0 Å². The van der Waals surface area contributed by atoms with Crippen molar-refractivity contribution in [3.63, 3.8) is 0 Å². The zero-order chi connectivity index (χ0) is 6.72. The van der Waals surface area contributed by atoms with Gasteiger partial charge >= 0.3 is 0 Å². The molecule has 3 heterocycles. The highest BCUT2D eigenvalue weighted by Crippen LogP contribution is 2.47. The summed E-state index contributed by atoms with van der Waals surface area (Å²) in [4.78, 5) is 2.53. The Morgan fingerprint density at radius 1 is 1.20 bits per heavy atom. The van der Waals surface area contributed by atoms with Crippen molar-refractivity contribution in [1.82, 2.24) is 4.90 Å². The molecule has 0 aromatic carbocycles. The van der Waals surface area contributed by atoms with Crippen LogP contribution < -0.4 is 0 Å². The molecule has 0 spiro atoms. The van der Waals surface area contributed by atoms with Crippen LogP contribution in [0.1, 0.15) is 19.3 Å². The Bertz CT molecular complexity index is 155. The molecule has 0 saturated carbocycles. The third kappa shape index (κ3) is 0.487. The fourth-order valence-corrected chi connectivity index (χ4v) is 2.74. The van der Waals surface area contributed by atoms with Crippen molar-refractivity contribution < 1.29 is 4.74 Å². The highest BCUT2D eigenvalue weighted by atomic mass is 16.6. The number of likely N-dealkylation sites (N-methyl/N-ethyl adjacent to an activating group) is 1. The maximum absolute atomic E-state index is 5.55. The molecule has 0 amide bonds. The summed E-state index contributed by atoms with van der Waals surface area (Å²) >= 11 is 0. The van der Waals surface area contributed by atoms with Gasteiger partial charge in [0.15, 0.2) is 0 Å². The summed E-state index contributed by atoms with van der Waals surface area (Å²) in [5.41, 5.74) is 0. The molecule has 3 fully saturated rings. The molecule has 10 heavy (non-hydrogen) atoms. The molecule has 3 aliphatic heterocycles. The van der Waals surface area contributed by atoms with E-state index < -0.39 is 0 Å². The average molecular weight is 139 g/mol. The molecule has 2 nitrogen and oxygen atoms in total. The molecule has 0 N–H and O–H groups in total. The SMILES string of the molecule is CN1C2CCCC1[C@@H]1O[C@H]21. The van der Waals surface area contributed by atoms with E-state index in [1.807, 2.05) is 0 Å². The van der Waals surface area contributed by atoms with Crippen molar-refractivity contribution in [2.24, 2.45) is 0 Å². The van der Waals surface area contributed by atoms with Gasteiger partial charge in [-0.2, -0.15) is 0 Å². The Kier molecular flexibility index (Phi) is 0.868. The summed E-state index contributed by atoms with van der Waals surface area (Å²) in [5.74, 6) is 0. The standard InChI is InChI=1S/C8H13NO/c1-9-5-3-2-4-6(9)8-7(5)10-8/h5-8H,2-4H2,1H3/t5?,6?,7-,8+. The summed E-state index contributed by atoms with van der Waals surface area (Å²) in [6.45, 7) is 0. The van der Waals surface area contributed by atoms with E-state index in [2.05, 4.69) is 11.9 Å². The van der Waals surface area contributed by atoms with Crippen molar-refractivity contribution in [2.75, 3.05) is 7.05 Å². The Morgan fingerprint density at radius 2 is 1.80 bits per heavy atom. The quantitative estimate of drug-likeness (QED) is 0.457. The predicted molar refractivity (Wildman–Crippen MR) is 37.9 cm³/mol. The fourth-order valence-electron chi connectivity index (χ4n) is 2.74. The topological polar surface area (TPSA) is 15.8 Å². The fraction of sp³-hybridized carbons (Fsp3) is 1.00. The van der Waals surface area contributed by atoms with Gasteiger partial charge in [-0.25, -0.2) is 0 Å². The molecule has 56 valence electrons. The van der Waals surface area contributed by atoms with Gasteiger partial charge in [0.25, 0.3) is 0 Å². The second kappa shape index (κ2) is 1.56. The van der Waals surface area contributed by atoms with E-state index in [1.54, 1.807) is 0 Å². The van der Waals surface area contributed by atoms with Gasteiger partial charge in [-0.1, -0.05) is 6.42 Å². The average Bonchev–Trinajstić information content (AvgIpc) is 2.59. The molecule has 0 aromatic rings. The van der Waals surface area contributed by atoms with Crippen molar-refractivity contribution in [2.45, 2.75) is 43.6 Å². The number of fused-ring (bicyclic) bond motifs is 5. The normalized spacial score (nSPS) is 58.5. The van der Waals surface area contributed by atoms with Crippen LogP contribution >= 0.6 is 0 Å². The van der Waals surface area contributed by atoms with Crippen LogP contribution in [-0.2, 0) is 4.74 Å². The third-order valence-corrected chi connectivity index (χ3v) is 3.37. The number of hydrogen-bond acceptors (Lipinski definition) is 2. The van der Waals surface area contributed by atoms with Crippen LogP contribution in [0.25, 0.3) is 0 Å². The second-order valence-electron chi connectivity index (χ2n) is 3.80. The molecular formula is C8H13NO. The van der Waals surface area contributed by atoms with Gasteiger partial charge in [0, 0.05) is 12.1 Å². The van der Waals surface area contributed by atoms with Crippen LogP contribution in [-0.4, -0.2) is 36.2 Å². The van der Waals surface area contributed by atoms with E-state index in [0.717, 1.165) is 12.1 Å². The highest BCUT2D eigenvalue weighted by Gasteiger charge is 2.60. The van der Waals surface area contributed by atoms with E-state index in [-0.39, 0.29) is 0 Å². The molecule has 2 bridgehead atoms. The van der Waals surface area contributed by atoms with Gasteiger partial charge in [0.05, 0.1) is 0 Å². The van der Waals surface area contributed by atoms with Crippen LogP contribution in [0.4, 0.5) is 0 Å². The molecule has 2 heteroatoms. The maximum atomic E-state index is 5.55.